The molecule has 1 nitrogen and oxygen atoms in total. The lowest BCUT2D eigenvalue weighted by molar-refractivity contribution is -0.343. The molecule has 0 aromatic heterocycles. The molecule has 0 heterocycles. The van der Waals surface area contributed by atoms with Gasteiger partial charge >= 0.3 is 12.4 Å². The van der Waals surface area contributed by atoms with E-state index in [0.29, 0.717) is 0 Å². The summed E-state index contributed by atoms with van der Waals surface area (Å²) in [6.07, 6.45) is -14.2. The van der Waals surface area contributed by atoms with E-state index in [1.54, 1.807) is 0 Å². The Hall–Kier alpha value is -0.530. The van der Waals surface area contributed by atoms with Gasteiger partial charge in [0.15, 0.2) is 0 Å². The van der Waals surface area contributed by atoms with Crippen molar-refractivity contribution in [2.24, 2.45) is 0 Å². The maximum absolute atomic E-state index is 12.9. The van der Waals surface area contributed by atoms with Crippen LogP contribution in [0, 0.1) is 0 Å². The lowest BCUT2D eigenvalue weighted by Crippen LogP contribution is -2.53. The van der Waals surface area contributed by atoms with E-state index in [9.17, 15) is 30.7 Å². The summed E-state index contributed by atoms with van der Waals surface area (Å²) in [5.41, 5.74) is -5.16. The van der Waals surface area contributed by atoms with Crippen LogP contribution in [0.3, 0.4) is 0 Å². The minimum absolute atomic E-state index is 0.0474. The zero-order valence-electron chi connectivity index (χ0n) is 8.13. The summed E-state index contributed by atoms with van der Waals surface area (Å²) >= 11 is 0. The Kier molecular flexibility index (Phi) is 5.03. The topological polar surface area (TPSA) is 20.2 Å². The monoisotopic (exact) mass is 256 g/mol. The molecule has 0 rings (SSSR count). The van der Waals surface area contributed by atoms with Gasteiger partial charge in [-0.3, -0.25) is 0 Å². The van der Waals surface area contributed by atoms with Crippen molar-refractivity contribution >= 4 is 0 Å². The van der Waals surface area contributed by atoms with E-state index in [2.05, 4.69) is 0 Å². The van der Waals surface area contributed by atoms with Crippen molar-refractivity contribution in [1.29, 1.82) is 0 Å². The first-order chi connectivity index (χ1) is 7.06. The molecular weight excluding hydrogens is 245 g/mol. The number of hydrogen-bond donors (Lipinski definition) is 1. The van der Waals surface area contributed by atoms with Crippen molar-refractivity contribution in [3.05, 3.63) is 0 Å². The molecule has 0 atom stereocenters. The molecule has 16 heavy (non-hydrogen) atoms. The lowest BCUT2D eigenvalue weighted by Gasteiger charge is -2.29. The molecule has 0 radical (unpaired) electrons. The van der Waals surface area contributed by atoms with Gasteiger partial charge in [-0.15, -0.1) is 0 Å². The molecule has 0 fully saturated rings. The van der Waals surface area contributed by atoms with Crippen LogP contribution in [-0.2, 0) is 0 Å². The predicted octanol–water partition coefficient (Wildman–Crippen LogP) is 3.37. The number of halogens is 7. The maximum atomic E-state index is 12.9. The molecule has 98 valence electrons. The minimum atomic E-state index is -5.97. The van der Waals surface area contributed by atoms with Crippen LogP contribution in [0.15, 0.2) is 0 Å². The number of aliphatic hydroxyl groups is 1. The van der Waals surface area contributed by atoms with Gasteiger partial charge in [-0.25, -0.2) is 4.39 Å². The molecule has 8 heteroatoms. The smallest absolute Gasteiger partial charge is 0.396 e. The third-order valence-corrected chi connectivity index (χ3v) is 2.08. The van der Waals surface area contributed by atoms with Gasteiger partial charge in [-0.2, -0.15) is 26.3 Å². The first kappa shape index (κ1) is 15.5. The van der Waals surface area contributed by atoms with Crippen LogP contribution < -0.4 is 0 Å². The first-order valence-electron chi connectivity index (χ1n) is 4.49. The van der Waals surface area contributed by atoms with Crippen LogP contribution in [0.5, 0.6) is 0 Å². The van der Waals surface area contributed by atoms with Gasteiger partial charge in [-0.1, -0.05) is 6.42 Å². The van der Waals surface area contributed by atoms with E-state index in [1.807, 2.05) is 0 Å². The fraction of sp³-hybridized carbons (Fsp3) is 1.00. The minimum Gasteiger partial charge on any atom is -0.396 e. The molecule has 0 spiro atoms. The maximum Gasteiger partial charge on any atom is 0.431 e. The van der Waals surface area contributed by atoms with Crippen LogP contribution in [0.4, 0.5) is 30.7 Å². The summed E-state index contributed by atoms with van der Waals surface area (Å²) in [6, 6.07) is 0. The summed E-state index contributed by atoms with van der Waals surface area (Å²) < 4.78 is 84.7. The summed E-state index contributed by atoms with van der Waals surface area (Å²) in [5, 5.41) is 8.28. The summed E-state index contributed by atoms with van der Waals surface area (Å²) in [7, 11) is 0. The first-order valence-corrected chi connectivity index (χ1v) is 4.49. The van der Waals surface area contributed by atoms with E-state index in [4.69, 9.17) is 5.11 Å². The van der Waals surface area contributed by atoms with E-state index >= 15 is 0 Å². The number of hydrogen-bond acceptors (Lipinski definition) is 1. The Morgan fingerprint density at radius 2 is 1.12 bits per heavy atom. The van der Waals surface area contributed by atoms with Crippen molar-refractivity contribution < 1.29 is 35.8 Å². The van der Waals surface area contributed by atoms with Gasteiger partial charge in [0.05, 0.1) is 0 Å². The fourth-order valence-corrected chi connectivity index (χ4v) is 1.10. The van der Waals surface area contributed by atoms with Crippen LogP contribution in [0.2, 0.25) is 0 Å². The Bertz CT molecular complexity index is 193. The Balaban J connectivity index is 4.59. The molecule has 0 bridgehead atoms. The van der Waals surface area contributed by atoms with Crippen LogP contribution in [0.25, 0.3) is 0 Å². The molecule has 0 saturated heterocycles. The number of rotatable bonds is 5. The van der Waals surface area contributed by atoms with Crippen molar-refractivity contribution in [1.82, 2.24) is 0 Å². The molecule has 0 aliphatic rings. The highest BCUT2D eigenvalue weighted by molar-refractivity contribution is 4.94. The SMILES string of the molecule is OCCCCCC(F)(C(F)(F)F)C(F)(F)F. The van der Waals surface area contributed by atoms with Gasteiger partial charge in [0, 0.05) is 6.61 Å². The third kappa shape index (κ3) is 3.50. The number of unbranched alkanes of at least 4 members (excludes halogenated alkanes) is 2. The van der Waals surface area contributed by atoms with E-state index in [-0.39, 0.29) is 19.4 Å². The molecule has 0 amide bonds. The standard InChI is InChI=1S/C8H11F7O/c9-6(7(10,11)12,8(13,14)15)4-2-1-3-5-16/h16H,1-5H2. The van der Waals surface area contributed by atoms with Crippen molar-refractivity contribution in [3.63, 3.8) is 0 Å². The van der Waals surface area contributed by atoms with Crippen LogP contribution in [-0.4, -0.2) is 29.7 Å². The Labute approximate surface area is 87.2 Å². The van der Waals surface area contributed by atoms with Crippen LogP contribution in [0.1, 0.15) is 25.7 Å². The fourth-order valence-electron chi connectivity index (χ4n) is 1.10. The molecule has 1 N–H and O–H groups in total. The highest BCUT2D eigenvalue weighted by Gasteiger charge is 2.71. The van der Waals surface area contributed by atoms with Gasteiger partial charge in [-0.05, 0) is 19.3 Å². The molecule has 0 aliphatic heterocycles. The average Bonchev–Trinajstić information content (AvgIpc) is 2.08. The molecular formula is C8H11F7O. The zero-order valence-corrected chi connectivity index (χ0v) is 8.13. The normalized spacial score (nSPS) is 14.2. The van der Waals surface area contributed by atoms with Gasteiger partial charge in [0.1, 0.15) is 0 Å². The quantitative estimate of drug-likeness (QED) is 0.590. The van der Waals surface area contributed by atoms with Crippen LogP contribution >= 0.6 is 0 Å². The molecule has 0 saturated carbocycles. The number of aliphatic hydroxyl groups excluding tert-OH is 1. The predicted molar refractivity (Wildman–Crippen MR) is 41.5 cm³/mol. The van der Waals surface area contributed by atoms with Crippen molar-refractivity contribution in [2.75, 3.05) is 6.61 Å². The highest BCUT2D eigenvalue weighted by atomic mass is 19.4. The van der Waals surface area contributed by atoms with Gasteiger partial charge < -0.3 is 5.11 Å². The molecule has 0 aromatic carbocycles. The second-order valence-corrected chi connectivity index (χ2v) is 3.33. The number of alkyl halides is 7. The zero-order chi connectivity index (χ0) is 13.0. The van der Waals surface area contributed by atoms with Gasteiger partial charge in [0.2, 0.25) is 0 Å². The van der Waals surface area contributed by atoms with Gasteiger partial charge in [0.25, 0.3) is 5.67 Å². The Morgan fingerprint density at radius 3 is 1.44 bits per heavy atom. The molecule has 0 aromatic rings. The lowest BCUT2D eigenvalue weighted by atomic mass is 9.96. The average molecular weight is 256 g/mol. The second-order valence-electron chi connectivity index (χ2n) is 3.33. The highest BCUT2D eigenvalue weighted by Crippen LogP contribution is 2.49. The second kappa shape index (κ2) is 5.20. The van der Waals surface area contributed by atoms with E-state index < -0.39 is 30.9 Å². The van der Waals surface area contributed by atoms with E-state index in [1.165, 1.54) is 0 Å². The largest absolute Gasteiger partial charge is 0.431 e. The van der Waals surface area contributed by atoms with E-state index in [0.717, 1.165) is 0 Å². The molecule has 0 unspecified atom stereocenters. The Morgan fingerprint density at radius 1 is 0.688 bits per heavy atom. The summed E-state index contributed by atoms with van der Waals surface area (Å²) in [5.74, 6) is 0. The molecule has 0 aliphatic carbocycles. The van der Waals surface area contributed by atoms with Crippen molar-refractivity contribution in [2.45, 2.75) is 43.7 Å². The third-order valence-electron chi connectivity index (χ3n) is 2.08. The summed E-state index contributed by atoms with van der Waals surface area (Å²) in [4.78, 5) is 0. The van der Waals surface area contributed by atoms with Crippen molar-refractivity contribution in [3.8, 4) is 0 Å². The summed E-state index contributed by atoms with van der Waals surface area (Å²) in [6.45, 7) is -0.350.